The van der Waals surface area contributed by atoms with Gasteiger partial charge in [0.05, 0.1) is 5.75 Å². The van der Waals surface area contributed by atoms with Crippen molar-refractivity contribution in [3.05, 3.63) is 11.7 Å². The number of piperidine rings is 1. The molecule has 1 fully saturated rings. The number of hydrogen-bond acceptors (Lipinski definition) is 5. The highest BCUT2D eigenvalue weighted by atomic mass is 32.2. The van der Waals surface area contributed by atoms with Crippen molar-refractivity contribution in [3.63, 3.8) is 0 Å². The second-order valence-electron chi connectivity index (χ2n) is 4.43. The quantitative estimate of drug-likeness (QED) is 0.831. The van der Waals surface area contributed by atoms with E-state index in [0.29, 0.717) is 24.7 Å². The SMILES string of the molecule is CCc1noc([C@@H]2CCCCN2S(=O)(=O)CC)n1. The van der Waals surface area contributed by atoms with Gasteiger partial charge < -0.3 is 4.52 Å². The molecule has 0 N–H and O–H groups in total. The molecule has 102 valence electrons. The molecule has 1 aromatic heterocycles. The molecular formula is C11H19N3O3S. The van der Waals surface area contributed by atoms with Crippen LogP contribution in [-0.4, -0.2) is 35.2 Å². The molecule has 1 aliphatic heterocycles. The third-order valence-electron chi connectivity index (χ3n) is 3.26. The Morgan fingerprint density at radius 1 is 1.39 bits per heavy atom. The highest BCUT2D eigenvalue weighted by Crippen LogP contribution is 2.32. The molecule has 0 spiro atoms. The topological polar surface area (TPSA) is 76.3 Å². The maximum absolute atomic E-state index is 12.1. The molecule has 0 aliphatic carbocycles. The van der Waals surface area contributed by atoms with Crippen molar-refractivity contribution in [2.45, 2.75) is 45.6 Å². The first-order chi connectivity index (χ1) is 8.58. The standard InChI is InChI=1S/C11H19N3O3S/c1-3-10-12-11(17-13-10)9-7-5-6-8-14(9)18(15,16)4-2/h9H,3-8H2,1-2H3/t9-/m0/s1. The van der Waals surface area contributed by atoms with Gasteiger partial charge in [0.1, 0.15) is 6.04 Å². The predicted molar refractivity (Wildman–Crippen MR) is 66.4 cm³/mol. The van der Waals surface area contributed by atoms with E-state index >= 15 is 0 Å². The summed E-state index contributed by atoms with van der Waals surface area (Å²) in [5.41, 5.74) is 0. The molecule has 2 heterocycles. The van der Waals surface area contributed by atoms with E-state index in [9.17, 15) is 8.42 Å². The van der Waals surface area contributed by atoms with Gasteiger partial charge in [-0.1, -0.05) is 18.5 Å². The van der Waals surface area contributed by atoms with Crippen LogP contribution in [0, 0.1) is 0 Å². The molecule has 1 aromatic rings. The fourth-order valence-electron chi connectivity index (χ4n) is 2.20. The Bertz CT molecular complexity index is 497. The molecule has 0 amide bonds. The van der Waals surface area contributed by atoms with Crippen molar-refractivity contribution < 1.29 is 12.9 Å². The van der Waals surface area contributed by atoms with Crippen LogP contribution in [0.5, 0.6) is 0 Å². The van der Waals surface area contributed by atoms with Crippen LogP contribution in [0.2, 0.25) is 0 Å². The largest absolute Gasteiger partial charge is 0.338 e. The smallest absolute Gasteiger partial charge is 0.245 e. The van der Waals surface area contributed by atoms with Gasteiger partial charge in [-0.15, -0.1) is 0 Å². The van der Waals surface area contributed by atoms with Gasteiger partial charge in [0, 0.05) is 13.0 Å². The second-order valence-corrected chi connectivity index (χ2v) is 6.64. The van der Waals surface area contributed by atoms with E-state index in [-0.39, 0.29) is 11.8 Å². The molecule has 0 radical (unpaired) electrons. The zero-order valence-corrected chi connectivity index (χ0v) is 11.6. The van der Waals surface area contributed by atoms with Crippen molar-refractivity contribution in [1.29, 1.82) is 0 Å². The van der Waals surface area contributed by atoms with Crippen LogP contribution in [-0.2, 0) is 16.4 Å². The van der Waals surface area contributed by atoms with E-state index in [2.05, 4.69) is 10.1 Å². The Morgan fingerprint density at radius 2 is 2.17 bits per heavy atom. The van der Waals surface area contributed by atoms with Crippen LogP contribution in [0.4, 0.5) is 0 Å². The lowest BCUT2D eigenvalue weighted by atomic mass is 10.1. The summed E-state index contributed by atoms with van der Waals surface area (Å²) in [6.07, 6.45) is 3.33. The van der Waals surface area contributed by atoms with E-state index in [1.807, 2.05) is 6.92 Å². The first-order valence-corrected chi connectivity index (χ1v) is 8.01. The Labute approximate surface area is 107 Å². The molecule has 7 heteroatoms. The van der Waals surface area contributed by atoms with Gasteiger partial charge in [-0.3, -0.25) is 0 Å². The average Bonchev–Trinajstić information content (AvgIpc) is 2.87. The Kier molecular flexibility index (Phi) is 4.01. The van der Waals surface area contributed by atoms with E-state index in [4.69, 9.17) is 4.52 Å². The zero-order chi connectivity index (χ0) is 13.2. The lowest BCUT2D eigenvalue weighted by Gasteiger charge is -2.31. The van der Waals surface area contributed by atoms with Crippen molar-refractivity contribution >= 4 is 10.0 Å². The second kappa shape index (κ2) is 5.36. The number of rotatable bonds is 4. The number of hydrogen-bond donors (Lipinski definition) is 0. The van der Waals surface area contributed by atoms with Crippen LogP contribution in [0.15, 0.2) is 4.52 Å². The highest BCUT2D eigenvalue weighted by Gasteiger charge is 2.35. The summed E-state index contributed by atoms with van der Waals surface area (Å²) in [6.45, 7) is 4.15. The number of sulfonamides is 1. The maximum Gasteiger partial charge on any atom is 0.245 e. The molecule has 0 bridgehead atoms. The lowest BCUT2D eigenvalue weighted by Crippen LogP contribution is -2.39. The first kappa shape index (κ1) is 13.5. The molecule has 2 rings (SSSR count). The number of aromatic nitrogens is 2. The first-order valence-electron chi connectivity index (χ1n) is 6.40. The van der Waals surface area contributed by atoms with E-state index in [1.54, 1.807) is 6.92 Å². The molecule has 1 aliphatic rings. The van der Waals surface area contributed by atoms with Crippen LogP contribution >= 0.6 is 0 Å². The molecule has 0 saturated carbocycles. The van der Waals surface area contributed by atoms with Crippen LogP contribution < -0.4 is 0 Å². The van der Waals surface area contributed by atoms with Gasteiger partial charge in [0.25, 0.3) is 0 Å². The number of nitrogens with zero attached hydrogens (tertiary/aromatic N) is 3. The minimum atomic E-state index is -3.21. The summed E-state index contributed by atoms with van der Waals surface area (Å²) < 4.78 is 30.8. The third kappa shape index (κ3) is 2.56. The molecule has 1 saturated heterocycles. The summed E-state index contributed by atoms with van der Waals surface area (Å²) in [4.78, 5) is 4.27. The molecule has 18 heavy (non-hydrogen) atoms. The van der Waals surface area contributed by atoms with Crippen molar-refractivity contribution in [1.82, 2.24) is 14.4 Å². The van der Waals surface area contributed by atoms with Crippen LogP contribution in [0.25, 0.3) is 0 Å². The minimum absolute atomic E-state index is 0.109. The van der Waals surface area contributed by atoms with Gasteiger partial charge in [0.2, 0.25) is 15.9 Å². The van der Waals surface area contributed by atoms with Gasteiger partial charge in [-0.05, 0) is 19.8 Å². The fourth-order valence-corrected chi connectivity index (χ4v) is 3.52. The monoisotopic (exact) mass is 273 g/mol. The molecule has 1 atom stereocenters. The molecule has 6 nitrogen and oxygen atoms in total. The van der Waals surface area contributed by atoms with Crippen LogP contribution in [0.3, 0.4) is 0 Å². The maximum atomic E-state index is 12.1. The Balaban J connectivity index is 2.28. The third-order valence-corrected chi connectivity index (χ3v) is 5.14. The summed E-state index contributed by atoms with van der Waals surface area (Å²) in [6, 6.07) is -0.281. The van der Waals surface area contributed by atoms with Gasteiger partial charge in [-0.25, -0.2) is 8.42 Å². The lowest BCUT2D eigenvalue weighted by molar-refractivity contribution is 0.204. The zero-order valence-electron chi connectivity index (χ0n) is 10.8. The Hall–Kier alpha value is -0.950. The molecular weight excluding hydrogens is 254 g/mol. The molecule has 0 unspecified atom stereocenters. The summed E-state index contributed by atoms with van der Waals surface area (Å²) in [5, 5.41) is 3.84. The van der Waals surface area contributed by atoms with Gasteiger partial charge >= 0.3 is 0 Å². The molecule has 0 aromatic carbocycles. The highest BCUT2D eigenvalue weighted by molar-refractivity contribution is 7.89. The van der Waals surface area contributed by atoms with Crippen molar-refractivity contribution in [2.24, 2.45) is 0 Å². The van der Waals surface area contributed by atoms with Crippen molar-refractivity contribution in [3.8, 4) is 0 Å². The minimum Gasteiger partial charge on any atom is -0.338 e. The fraction of sp³-hybridized carbons (Fsp3) is 0.818. The van der Waals surface area contributed by atoms with Gasteiger partial charge in [0.15, 0.2) is 5.82 Å². The predicted octanol–water partition coefficient (Wildman–Crippen LogP) is 1.51. The number of aryl methyl sites for hydroxylation is 1. The van der Waals surface area contributed by atoms with Gasteiger partial charge in [-0.2, -0.15) is 9.29 Å². The van der Waals surface area contributed by atoms with Crippen LogP contribution in [0.1, 0.15) is 50.9 Å². The summed E-state index contributed by atoms with van der Waals surface area (Å²) >= 11 is 0. The van der Waals surface area contributed by atoms with E-state index < -0.39 is 10.0 Å². The average molecular weight is 273 g/mol. The van der Waals surface area contributed by atoms with E-state index in [1.165, 1.54) is 4.31 Å². The van der Waals surface area contributed by atoms with Crippen molar-refractivity contribution in [2.75, 3.05) is 12.3 Å². The summed E-state index contributed by atoms with van der Waals surface area (Å²) in [5.74, 6) is 1.17. The Morgan fingerprint density at radius 3 is 2.78 bits per heavy atom. The van der Waals surface area contributed by atoms with E-state index in [0.717, 1.165) is 19.3 Å². The normalized spacial score (nSPS) is 22.2. The summed E-state index contributed by atoms with van der Waals surface area (Å²) in [7, 11) is -3.21.